The quantitative estimate of drug-likeness (QED) is 0.864. The summed E-state index contributed by atoms with van der Waals surface area (Å²) in [7, 11) is 3.79. The molecular weight excluding hydrogens is 262 g/mol. The molecule has 0 spiro atoms. The second-order valence-corrected chi connectivity index (χ2v) is 5.58. The molecule has 2 aromatic rings. The first-order valence-corrected chi connectivity index (χ1v) is 7.38. The molecule has 4 nitrogen and oxygen atoms in total. The fourth-order valence-corrected chi connectivity index (χ4v) is 2.93. The zero-order chi connectivity index (χ0) is 14.8. The van der Waals surface area contributed by atoms with Crippen LogP contribution in [0.5, 0.6) is 5.75 Å². The second-order valence-electron chi connectivity index (χ2n) is 5.58. The number of rotatable bonds is 4. The summed E-state index contributed by atoms with van der Waals surface area (Å²) in [5.41, 5.74) is 3.82. The number of aryl methyl sites for hydroxylation is 2. The van der Waals surface area contributed by atoms with E-state index in [4.69, 9.17) is 4.74 Å². The van der Waals surface area contributed by atoms with Gasteiger partial charge in [0, 0.05) is 24.8 Å². The van der Waals surface area contributed by atoms with Gasteiger partial charge in [0.1, 0.15) is 17.4 Å². The lowest BCUT2D eigenvalue weighted by Gasteiger charge is -2.21. The average Bonchev–Trinajstić information content (AvgIpc) is 2.95. The Labute approximate surface area is 125 Å². The largest absolute Gasteiger partial charge is 0.497 e. The van der Waals surface area contributed by atoms with Gasteiger partial charge in [0.25, 0.3) is 0 Å². The number of methoxy groups -OCH3 is 1. The summed E-state index contributed by atoms with van der Waals surface area (Å²) in [6.07, 6.45) is 3.37. The zero-order valence-electron chi connectivity index (χ0n) is 12.9. The molecule has 1 aromatic carbocycles. The van der Waals surface area contributed by atoms with E-state index in [-0.39, 0.29) is 0 Å². The Kier molecular flexibility index (Phi) is 3.78. The van der Waals surface area contributed by atoms with E-state index in [0.717, 1.165) is 36.8 Å². The van der Waals surface area contributed by atoms with Crippen LogP contribution in [0.1, 0.15) is 29.1 Å². The summed E-state index contributed by atoms with van der Waals surface area (Å²) in [6, 6.07) is 8.20. The topological polar surface area (TPSA) is 38.2 Å². The van der Waals surface area contributed by atoms with Crippen molar-refractivity contribution >= 4 is 5.82 Å². The van der Waals surface area contributed by atoms with E-state index in [1.807, 2.05) is 19.1 Å². The normalized spacial score (nSPS) is 13.1. The van der Waals surface area contributed by atoms with Gasteiger partial charge in [0.05, 0.1) is 7.11 Å². The van der Waals surface area contributed by atoms with Crippen molar-refractivity contribution in [3.8, 4) is 5.75 Å². The van der Waals surface area contributed by atoms with Crippen LogP contribution in [0.3, 0.4) is 0 Å². The lowest BCUT2D eigenvalue weighted by Crippen LogP contribution is -2.20. The molecular formula is C17H21N3O. The molecule has 0 fully saturated rings. The van der Waals surface area contributed by atoms with Crippen molar-refractivity contribution in [1.82, 2.24) is 9.97 Å². The highest BCUT2D eigenvalue weighted by Crippen LogP contribution is 2.29. The molecule has 0 bridgehead atoms. The minimum atomic E-state index is 0.840. The van der Waals surface area contributed by atoms with Gasteiger partial charge in [-0.05, 0) is 43.9 Å². The summed E-state index contributed by atoms with van der Waals surface area (Å²) in [4.78, 5) is 11.5. The number of anilines is 1. The van der Waals surface area contributed by atoms with E-state index in [0.29, 0.717) is 0 Å². The number of nitrogens with zero attached hydrogens (tertiary/aromatic N) is 3. The molecule has 1 heterocycles. The Morgan fingerprint density at radius 2 is 1.90 bits per heavy atom. The summed E-state index contributed by atoms with van der Waals surface area (Å²) in [5, 5.41) is 0. The van der Waals surface area contributed by atoms with Crippen LogP contribution in [0, 0.1) is 6.92 Å². The van der Waals surface area contributed by atoms with E-state index in [2.05, 4.69) is 34.0 Å². The number of fused-ring (bicyclic) bond motifs is 1. The van der Waals surface area contributed by atoms with E-state index >= 15 is 0 Å². The van der Waals surface area contributed by atoms with Gasteiger partial charge in [-0.1, -0.05) is 12.1 Å². The predicted molar refractivity (Wildman–Crippen MR) is 83.9 cm³/mol. The number of hydrogen-bond acceptors (Lipinski definition) is 4. The zero-order valence-corrected chi connectivity index (χ0v) is 12.9. The number of aromatic nitrogens is 2. The molecule has 3 rings (SSSR count). The molecule has 1 aliphatic carbocycles. The van der Waals surface area contributed by atoms with Gasteiger partial charge in [-0.3, -0.25) is 0 Å². The van der Waals surface area contributed by atoms with Crippen LogP contribution in [0.4, 0.5) is 5.82 Å². The third kappa shape index (κ3) is 2.84. The van der Waals surface area contributed by atoms with Gasteiger partial charge in [0.2, 0.25) is 0 Å². The third-order valence-electron chi connectivity index (χ3n) is 3.96. The van der Waals surface area contributed by atoms with Crippen molar-refractivity contribution < 1.29 is 4.74 Å². The summed E-state index contributed by atoms with van der Waals surface area (Å²) < 4.78 is 5.20. The van der Waals surface area contributed by atoms with Crippen LogP contribution >= 0.6 is 0 Å². The molecule has 21 heavy (non-hydrogen) atoms. The lowest BCUT2D eigenvalue weighted by molar-refractivity contribution is 0.414. The Bertz CT molecular complexity index is 637. The van der Waals surface area contributed by atoms with Crippen molar-refractivity contribution in [2.24, 2.45) is 0 Å². The van der Waals surface area contributed by atoms with Crippen LogP contribution in [0.15, 0.2) is 24.3 Å². The van der Waals surface area contributed by atoms with Crippen molar-refractivity contribution in [1.29, 1.82) is 0 Å². The van der Waals surface area contributed by atoms with Crippen molar-refractivity contribution in [3.05, 3.63) is 46.9 Å². The van der Waals surface area contributed by atoms with Gasteiger partial charge in [-0.2, -0.15) is 0 Å². The molecule has 0 atom stereocenters. The molecule has 0 radical (unpaired) electrons. The summed E-state index contributed by atoms with van der Waals surface area (Å²) in [6.45, 7) is 2.82. The molecule has 0 unspecified atom stereocenters. The molecule has 1 aromatic heterocycles. The van der Waals surface area contributed by atoms with Gasteiger partial charge in [0.15, 0.2) is 0 Å². The first kappa shape index (κ1) is 13.9. The molecule has 0 saturated heterocycles. The van der Waals surface area contributed by atoms with Crippen LogP contribution in [-0.4, -0.2) is 24.1 Å². The lowest BCUT2D eigenvalue weighted by atomic mass is 10.2. The SMILES string of the molecule is COc1ccc(CN(C)c2nc(C)nc3c2CCC3)cc1. The Hall–Kier alpha value is -2.10. The van der Waals surface area contributed by atoms with Crippen LogP contribution in [-0.2, 0) is 19.4 Å². The van der Waals surface area contributed by atoms with Gasteiger partial charge >= 0.3 is 0 Å². The van der Waals surface area contributed by atoms with Crippen LogP contribution in [0.2, 0.25) is 0 Å². The molecule has 110 valence electrons. The van der Waals surface area contributed by atoms with Gasteiger partial charge in [-0.25, -0.2) is 9.97 Å². The van der Waals surface area contributed by atoms with Crippen molar-refractivity contribution in [2.45, 2.75) is 32.7 Å². The monoisotopic (exact) mass is 283 g/mol. The molecule has 4 heteroatoms. The van der Waals surface area contributed by atoms with Gasteiger partial charge in [-0.15, -0.1) is 0 Å². The Morgan fingerprint density at radius 3 is 2.62 bits per heavy atom. The predicted octanol–water partition coefficient (Wildman–Crippen LogP) is 2.92. The van der Waals surface area contributed by atoms with E-state index in [9.17, 15) is 0 Å². The molecule has 0 saturated carbocycles. The molecule has 0 aliphatic heterocycles. The minimum absolute atomic E-state index is 0.840. The maximum Gasteiger partial charge on any atom is 0.135 e. The summed E-state index contributed by atoms with van der Waals surface area (Å²) in [5.74, 6) is 2.85. The van der Waals surface area contributed by atoms with Gasteiger partial charge < -0.3 is 9.64 Å². The molecule has 0 amide bonds. The number of benzene rings is 1. The van der Waals surface area contributed by atoms with Crippen molar-refractivity contribution in [2.75, 3.05) is 19.1 Å². The summed E-state index contributed by atoms with van der Waals surface area (Å²) >= 11 is 0. The van der Waals surface area contributed by atoms with Crippen molar-refractivity contribution in [3.63, 3.8) is 0 Å². The smallest absolute Gasteiger partial charge is 0.135 e. The molecule has 1 aliphatic rings. The maximum atomic E-state index is 5.20. The maximum absolute atomic E-state index is 5.20. The Balaban J connectivity index is 1.83. The first-order chi connectivity index (χ1) is 10.2. The second kappa shape index (κ2) is 5.72. The van der Waals surface area contributed by atoms with Crippen LogP contribution in [0.25, 0.3) is 0 Å². The van der Waals surface area contributed by atoms with E-state index < -0.39 is 0 Å². The highest BCUT2D eigenvalue weighted by Gasteiger charge is 2.20. The minimum Gasteiger partial charge on any atom is -0.497 e. The highest BCUT2D eigenvalue weighted by molar-refractivity contribution is 5.51. The molecule has 0 N–H and O–H groups in total. The standard InChI is InChI=1S/C17H21N3O/c1-12-18-16-6-4-5-15(16)17(19-12)20(2)11-13-7-9-14(21-3)10-8-13/h7-10H,4-6,11H2,1-3H3. The Morgan fingerprint density at radius 1 is 1.14 bits per heavy atom. The number of ether oxygens (including phenoxy) is 1. The fourth-order valence-electron chi connectivity index (χ4n) is 2.93. The first-order valence-electron chi connectivity index (χ1n) is 7.38. The van der Waals surface area contributed by atoms with E-state index in [1.54, 1.807) is 7.11 Å². The fraction of sp³-hybridized carbons (Fsp3) is 0.412. The highest BCUT2D eigenvalue weighted by atomic mass is 16.5. The number of hydrogen-bond donors (Lipinski definition) is 0. The average molecular weight is 283 g/mol. The third-order valence-corrected chi connectivity index (χ3v) is 3.96. The van der Waals surface area contributed by atoms with E-state index in [1.165, 1.54) is 23.2 Å². The van der Waals surface area contributed by atoms with Crippen LogP contribution < -0.4 is 9.64 Å².